The molecule has 1 N–H and O–H groups in total. The molecule has 0 unspecified atom stereocenters. The lowest BCUT2D eigenvalue weighted by atomic mass is 9.91. The normalized spacial score (nSPS) is 17.6. The lowest BCUT2D eigenvalue weighted by Gasteiger charge is -2.07. The quantitative estimate of drug-likeness (QED) is 0.363. The van der Waals surface area contributed by atoms with Gasteiger partial charge in [0.2, 0.25) is 0 Å². The van der Waals surface area contributed by atoms with Crippen LogP contribution in [0.3, 0.4) is 0 Å². The van der Waals surface area contributed by atoms with E-state index in [-0.39, 0.29) is 0 Å². The molecule has 1 aliphatic carbocycles. The molecule has 1 nitrogen and oxygen atoms in total. The van der Waals surface area contributed by atoms with E-state index in [1.54, 1.807) is 0 Å². The van der Waals surface area contributed by atoms with Crippen molar-refractivity contribution in [1.29, 1.82) is 0 Å². The largest absolute Gasteiger partial charge is 0.371 e. The third kappa shape index (κ3) is 1.03. The van der Waals surface area contributed by atoms with E-state index in [9.17, 15) is 5.11 Å². The van der Waals surface area contributed by atoms with Crippen LogP contribution in [0.1, 0.15) is 17.2 Å². The summed E-state index contributed by atoms with van der Waals surface area (Å²) in [5.41, 5.74) is 2.21. The molecule has 0 heterocycles. The lowest BCUT2D eigenvalue weighted by molar-refractivity contribution is 0.221. The highest BCUT2D eigenvalue weighted by Gasteiger charge is 2.32. The number of hydrogen-bond acceptors (Lipinski definition) is 1. The van der Waals surface area contributed by atoms with Gasteiger partial charge in [-0.1, -0.05) is 30.3 Å². The fraction of sp³-hybridized carbons (Fsp3) is 0.0556. The number of aliphatic hydroxyl groups excluding tert-OH is 1. The van der Waals surface area contributed by atoms with Crippen LogP contribution in [0.15, 0.2) is 48.5 Å². The topological polar surface area (TPSA) is 20.2 Å². The Morgan fingerprint density at radius 3 is 2.42 bits per heavy atom. The molecule has 0 radical (unpaired) electrons. The SMILES string of the molecule is O[C@H]1[CH+]c2cc3cccc4ccc5ccc1c2c5c43. The average molecular weight is 243 g/mol. The third-order valence-corrected chi connectivity index (χ3v) is 4.35. The maximum Gasteiger partial charge on any atom is 0.156 e. The first kappa shape index (κ1) is 9.65. The van der Waals surface area contributed by atoms with Crippen LogP contribution in [-0.4, -0.2) is 5.11 Å². The van der Waals surface area contributed by atoms with Crippen LogP contribution in [0, 0.1) is 6.42 Å². The molecule has 0 saturated heterocycles. The van der Waals surface area contributed by atoms with Gasteiger partial charge in [-0.15, -0.1) is 0 Å². The molecule has 1 atom stereocenters. The maximum absolute atomic E-state index is 10.2. The van der Waals surface area contributed by atoms with Gasteiger partial charge in [0.15, 0.2) is 6.10 Å². The van der Waals surface area contributed by atoms with E-state index in [1.165, 1.54) is 37.9 Å². The first-order valence-electron chi connectivity index (χ1n) is 6.56. The van der Waals surface area contributed by atoms with Gasteiger partial charge in [0.1, 0.15) is 5.56 Å². The smallest absolute Gasteiger partial charge is 0.156 e. The molecule has 4 aromatic rings. The number of benzene rings is 4. The average Bonchev–Trinajstić information content (AvgIpc) is 2.76. The fourth-order valence-electron chi connectivity index (χ4n) is 3.55. The van der Waals surface area contributed by atoms with Crippen LogP contribution in [0.2, 0.25) is 0 Å². The van der Waals surface area contributed by atoms with E-state index in [2.05, 4.69) is 48.5 Å². The maximum atomic E-state index is 10.2. The Morgan fingerprint density at radius 2 is 1.53 bits per heavy atom. The van der Waals surface area contributed by atoms with Gasteiger partial charge in [0.05, 0.1) is 28.8 Å². The third-order valence-electron chi connectivity index (χ3n) is 4.35. The standard InChI is InChI=1S/C18H11O/c19-15-9-13-8-12-3-1-2-10-4-5-11-6-7-14(15)17(13)18(11)16(10)12/h1-9,15,19H/q+1/t15-/m0/s1. The number of rotatable bonds is 0. The van der Waals surface area contributed by atoms with Gasteiger partial charge < -0.3 is 5.11 Å². The van der Waals surface area contributed by atoms with E-state index in [1.807, 2.05) is 6.42 Å². The Hall–Kier alpha value is -2.25. The monoisotopic (exact) mass is 243 g/mol. The van der Waals surface area contributed by atoms with Gasteiger partial charge in [-0.05, 0) is 22.9 Å². The molecule has 0 saturated carbocycles. The number of hydrogen-bond donors (Lipinski definition) is 1. The molecule has 0 aliphatic heterocycles. The molecule has 1 aliphatic rings. The Balaban J connectivity index is 2.22. The Labute approximate surface area is 110 Å². The van der Waals surface area contributed by atoms with Crippen molar-refractivity contribution in [3.05, 3.63) is 66.1 Å². The predicted molar refractivity (Wildman–Crippen MR) is 78.5 cm³/mol. The molecule has 5 rings (SSSR count). The summed E-state index contributed by atoms with van der Waals surface area (Å²) in [5.74, 6) is 0. The summed E-state index contributed by atoms with van der Waals surface area (Å²) in [5, 5.41) is 17.8. The summed E-state index contributed by atoms with van der Waals surface area (Å²) < 4.78 is 0. The molecule has 4 aromatic carbocycles. The van der Waals surface area contributed by atoms with Crippen molar-refractivity contribution in [3.63, 3.8) is 0 Å². The fourth-order valence-corrected chi connectivity index (χ4v) is 3.55. The van der Waals surface area contributed by atoms with Crippen molar-refractivity contribution in [2.24, 2.45) is 0 Å². The second-order valence-electron chi connectivity index (χ2n) is 5.35. The first-order chi connectivity index (χ1) is 9.33. The molecule has 0 aromatic heterocycles. The van der Waals surface area contributed by atoms with Crippen LogP contribution in [0.25, 0.3) is 32.3 Å². The summed E-state index contributed by atoms with van der Waals surface area (Å²) in [6.07, 6.45) is 1.49. The second-order valence-corrected chi connectivity index (χ2v) is 5.35. The van der Waals surface area contributed by atoms with Crippen LogP contribution in [0.5, 0.6) is 0 Å². The zero-order chi connectivity index (χ0) is 12.6. The summed E-state index contributed by atoms with van der Waals surface area (Å²) in [4.78, 5) is 0. The van der Waals surface area contributed by atoms with Crippen molar-refractivity contribution in [2.75, 3.05) is 0 Å². The second kappa shape index (κ2) is 3.01. The van der Waals surface area contributed by atoms with Crippen LogP contribution >= 0.6 is 0 Å². The van der Waals surface area contributed by atoms with Crippen LogP contribution in [0.4, 0.5) is 0 Å². The predicted octanol–water partition coefficient (Wildman–Crippen LogP) is 4.18. The zero-order valence-corrected chi connectivity index (χ0v) is 10.2. The Bertz CT molecular complexity index is 952. The van der Waals surface area contributed by atoms with Crippen LogP contribution < -0.4 is 0 Å². The molecular weight excluding hydrogens is 232 g/mol. The van der Waals surface area contributed by atoms with Crippen LogP contribution in [-0.2, 0) is 0 Å². The molecular formula is C18H11O+. The van der Waals surface area contributed by atoms with Crippen molar-refractivity contribution >= 4 is 32.3 Å². The van der Waals surface area contributed by atoms with Crippen molar-refractivity contribution in [1.82, 2.24) is 0 Å². The molecule has 19 heavy (non-hydrogen) atoms. The summed E-state index contributed by atoms with van der Waals surface area (Å²) in [7, 11) is 0. The van der Waals surface area contributed by atoms with E-state index in [0.29, 0.717) is 0 Å². The molecule has 0 spiro atoms. The summed E-state index contributed by atoms with van der Waals surface area (Å²) >= 11 is 0. The molecule has 0 amide bonds. The van der Waals surface area contributed by atoms with E-state index in [4.69, 9.17) is 0 Å². The summed E-state index contributed by atoms with van der Waals surface area (Å²) in [6, 6.07) is 17.1. The van der Waals surface area contributed by atoms with Crippen molar-refractivity contribution in [2.45, 2.75) is 6.10 Å². The van der Waals surface area contributed by atoms with Crippen molar-refractivity contribution in [3.8, 4) is 0 Å². The van der Waals surface area contributed by atoms with Gasteiger partial charge in [-0.3, -0.25) is 0 Å². The first-order valence-corrected chi connectivity index (χ1v) is 6.56. The lowest BCUT2D eigenvalue weighted by Crippen LogP contribution is -1.90. The van der Waals surface area contributed by atoms with Gasteiger partial charge in [-0.25, -0.2) is 0 Å². The number of aliphatic hydroxyl groups is 1. The van der Waals surface area contributed by atoms with E-state index >= 15 is 0 Å². The van der Waals surface area contributed by atoms with E-state index in [0.717, 1.165) is 5.56 Å². The minimum atomic E-state index is -0.463. The minimum Gasteiger partial charge on any atom is -0.371 e. The van der Waals surface area contributed by atoms with Gasteiger partial charge in [-0.2, -0.15) is 0 Å². The summed E-state index contributed by atoms with van der Waals surface area (Å²) in [6.45, 7) is 0. The Morgan fingerprint density at radius 1 is 0.789 bits per heavy atom. The Kier molecular flexibility index (Phi) is 1.53. The minimum absolute atomic E-state index is 0.463. The molecule has 0 fully saturated rings. The van der Waals surface area contributed by atoms with Gasteiger partial charge in [0, 0.05) is 10.8 Å². The zero-order valence-electron chi connectivity index (χ0n) is 10.2. The van der Waals surface area contributed by atoms with Crippen molar-refractivity contribution < 1.29 is 5.11 Å². The molecule has 1 heteroatoms. The highest BCUT2D eigenvalue weighted by molar-refractivity contribution is 6.25. The highest BCUT2D eigenvalue weighted by Crippen LogP contribution is 2.45. The molecule has 88 valence electrons. The molecule has 0 bridgehead atoms. The highest BCUT2D eigenvalue weighted by atomic mass is 16.3. The van der Waals surface area contributed by atoms with E-state index < -0.39 is 6.10 Å². The van der Waals surface area contributed by atoms with Gasteiger partial charge >= 0.3 is 0 Å². The van der Waals surface area contributed by atoms with Gasteiger partial charge in [0.25, 0.3) is 0 Å².